The summed E-state index contributed by atoms with van der Waals surface area (Å²) >= 11 is 6.14. The van der Waals surface area contributed by atoms with E-state index < -0.39 is 5.91 Å². The zero-order valence-electron chi connectivity index (χ0n) is 11.9. The van der Waals surface area contributed by atoms with Gasteiger partial charge >= 0.3 is 0 Å². The average Bonchev–Trinajstić information content (AvgIpc) is 2.81. The number of carbonyl (C=O) groups is 2. The van der Waals surface area contributed by atoms with E-state index in [0.717, 1.165) is 11.1 Å². The van der Waals surface area contributed by atoms with Crippen LogP contribution in [-0.4, -0.2) is 11.8 Å². The van der Waals surface area contributed by atoms with Crippen molar-refractivity contribution in [1.29, 1.82) is 0 Å². The van der Waals surface area contributed by atoms with Crippen molar-refractivity contribution in [2.24, 2.45) is 0 Å². The van der Waals surface area contributed by atoms with Gasteiger partial charge in [-0.25, -0.2) is 0 Å². The average molecular weight is 307 g/mol. The molecule has 21 heavy (non-hydrogen) atoms. The van der Waals surface area contributed by atoms with Gasteiger partial charge in [-0.2, -0.15) is 0 Å². The van der Waals surface area contributed by atoms with Crippen molar-refractivity contribution in [1.82, 2.24) is 0 Å². The minimum absolute atomic E-state index is 0.0924. The Labute approximate surface area is 127 Å². The second-order valence-electron chi connectivity index (χ2n) is 4.74. The lowest BCUT2D eigenvalue weighted by molar-refractivity contribution is -0.114. The van der Waals surface area contributed by atoms with Gasteiger partial charge in [0.15, 0.2) is 11.6 Å². The Morgan fingerprint density at radius 2 is 1.86 bits per heavy atom. The van der Waals surface area contributed by atoms with E-state index in [1.165, 1.54) is 19.1 Å². The highest BCUT2D eigenvalue weighted by Gasteiger charge is 2.15. The first-order valence-electron chi connectivity index (χ1n) is 6.32. The molecule has 2 rings (SSSR count). The lowest BCUT2D eigenvalue weighted by Crippen LogP contribution is -2.12. The third kappa shape index (κ3) is 3.64. The number of hydrogen-bond acceptors (Lipinski definition) is 3. The molecule has 2 N–H and O–H groups in total. The number of benzene rings is 1. The first-order valence-corrected chi connectivity index (χ1v) is 6.70. The van der Waals surface area contributed by atoms with E-state index in [1.807, 2.05) is 19.9 Å². The number of nitrogens with one attached hydrogen (secondary N) is 2. The van der Waals surface area contributed by atoms with Crippen molar-refractivity contribution in [2.45, 2.75) is 20.8 Å². The van der Waals surface area contributed by atoms with E-state index in [2.05, 4.69) is 10.6 Å². The molecule has 0 unspecified atom stereocenters. The zero-order chi connectivity index (χ0) is 15.6. The zero-order valence-corrected chi connectivity index (χ0v) is 12.7. The predicted octanol–water partition coefficient (Wildman–Crippen LogP) is 3.76. The largest absolute Gasteiger partial charge is 0.435 e. The number of hydrogen-bond donors (Lipinski definition) is 2. The Hall–Kier alpha value is -2.27. The van der Waals surface area contributed by atoms with Crippen LogP contribution in [0.25, 0.3) is 0 Å². The normalized spacial score (nSPS) is 10.3. The number of anilines is 2. The molecule has 110 valence electrons. The molecule has 0 fully saturated rings. The molecule has 2 aromatic rings. The maximum atomic E-state index is 12.1. The van der Waals surface area contributed by atoms with Crippen molar-refractivity contribution in [3.8, 4) is 0 Å². The predicted molar refractivity (Wildman–Crippen MR) is 81.9 cm³/mol. The highest BCUT2D eigenvalue weighted by Crippen LogP contribution is 2.28. The first kappa shape index (κ1) is 15.1. The molecule has 0 spiro atoms. The molecule has 1 aromatic carbocycles. The minimum Gasteiger partial charge on any atom is -0.435 e. The summed E-state index contributed by atoms with van der Waals surface area (Å²) in [5, 5.41) is 5.64. The van der Waals surface area contributed by atoms with E-state index in [-0.39, 0.29) is 17.6 Å². The summed E-state index contributed by atoms with van der Waals surface area (Å²) in [6, 6.07) is 6.69. The molecule has 0 saturated heterocycles. The van der Waals surface area contributed by atoms with E-state index in [9.17, 15) is 9.59 Å². The second kappa shape index (κ2) is 6.01. The molecule has 1 heterocycles. The maximum absolute atomic E-state index is 12.1. The van der Waals surface area contributed by atoms with Gasteiger partial charge in [0.25, 0.3) is 5.91 Å². The quantitative estimate of drug-likeness (QED) is 0.907. The number of aryl methyl sites for hydroxylation is 2. The Morgan fingerprint density at radius 1 is 1.14 bits per heavy atom. The fraction of sp³-hybridized carbons (Fsp3) is 0.200. The Kier molecular flexibility index (Phi) is 4.33. The summed E-state index contributed by atoms with van der Waals surface area (Å²) < 4.78 is 5.24. The van der Waals surface area contributed by atoms with Crippen molar-refractivity contribution >= 4 is 35.0 Å². The third-order valence-corrected chi connectivity index (χ3v) is 3.10. The molecular formula is C15H15ClN2O3. The number of carbonyl (C=O) groups excluding carboxylic acids is 2. The van der Waals surface area contributed by atoms with Gasteiger partial charge in [-0.3, -0.25) is 14.9 Å². The SMILES string of the molecule is CC(=O)Nc1ccc(C(=O)Nc2c(C)cc(C)cc2Cl)o1. The third-order valence-electron chi connectivity index (χ3n) is 2.80. The summed E-state index contributed by atoms with van der Waals surface area (Å²) in [5.74, 6) is -0.386. The van der Waals surface area contributed by atoms with E-state index in [1.54, 1.807) is 6.07 Å². The van der Waals surface area contributed by atoms with Crippen LogP contribution in [0, 0.1) is 13.8 Å². The topological polar surface area (TPSA) is 71.3 Å². The first-order chi connectivity index (χ1) is 9.86. The summed E-state index contributed by atoms with van der Waals surface area (Å²) in [7, 11) is 0. The van der Waals surface area contributed by atoms with Crippen molar-refractivity contribution in [3.05, 3.63) is 46.2 Å². The molecule has 0 saturated carbocycles. The van der Waals surface area contributed by atoms with Gasteiger partial charge in [-0.15, -0.1) is 0 Å². The monoisotopic (exact) mass is 306 g/mol. The molecule has 1 aromatic heterocycles. The van der Waals surface area contributed by atoms with Crippen LogP contribution in [0.4, 0.5) is 11.6 Å². The molecule has 0 bridgehead atoms. The van der Waals surface area contributed by atoms with Crippen LogP contribution in [0.5, 0.6) is 0 Å². The molecule has 0 atom stereocenters. The van der Waals surface area contributed by atoms with E-state index in [4.69, 9.17) is 16.0 Å². The van der Waals surface area contributed by atoms with Gasteiger partial charge in [0, 0.05) is 13.0 Å². The van der Waals surface area contributed by atoms with E-state index in [0.29, 0.717) is 10.7 Å². The van der Waals surface area contributed by atoms with Gasteiger partial charge in [-0.1, -0.05) is 17.7 Å². The van der Waals surface area contributed by atoms with Gasteiger partial charge < -0.3 is 9.73 Å². The Balaban J connectivity index is 2.18. The molecule has 0 aliphatic rings. The van der Waals surface area contributed by atoms with Gasteiger partial charge in [-0.05, 0) is 37.1 Å². The molecule has 2 amide bonds. The van der Waals surface area contributed by atoms with E-state index >= 15 is 0 Å². The maximum Gasteiger partial charge on any atom is 0.291 e. The second-order valence-corrected chi connectivity index (χ2v) is 5.15. The summed E-state index contributed by atoms with van der Waals surface area (Å²) in [5.41, 5.74) is 2.42. The molecule has 5 nitrogen and oxygen atoms in total. The van der Waals surface area contributed by atoms with Gasteiger partial charge in [0.05, 0.1) is 10.7 Å². The van der Waals surface area contributed by atoms with Crippen LogP contribution in [-0.2, 0) is 4.79 Å². The fourth-order valence-corrected chi connectivity index (χ4v) is 2.32. The Morgan fingerprint density at radius 3 is 2.48 bits per heavy atom. The van der Waals surface area contributed by atoms with Crippen LogP contribution >= 0.6 is 11.6 Å². The number of rotatable bonds is 3. The van der Waals surface area contributed by atoms with Crippen LogP contribution in [0.2, 0.25) is 5.02 Å². The molecule has 0 radical (unpaired) electrons. The van der Waals surface area contributed by atoms with Crippen LogP contribution in [0.15, 0.2) is 28.7 Å². The van der Waals surface area contributed by atoms with Crippen molar-refractivity contribution < 1.29 is 14.0 Å². The van der Waals surface area contributed by atoms with Gasteiger partial charge in [0.1, 0.15) is 0 Å². The lowest BCUT2D eigenvalue weighted by Gasteiger charge is -2.10. The highest BCUT2D eigenvalue weighted by atomic mass is 35.5. The Bertz CT molecular complexity index is 684. The van der Waals surface area contributed by atoms with Crippen LogP contribution < -0.4 is 10.6 Å². The standard InChI is InChI=1S/C15H15ClN2O3/c1-8-6-9(2)14(11(16)7-8)18-15(20)12-4-5-13(21-12)17-10(3)19/h4-7H,1-3H3,(H,17,19)(H,18,20). The minimum atomic E-state index is -0.430. The lowest BCUT2D eigenvalue weighted by atomic mass is 10.1. The van der Waals surface area contributed by atoms with Gasteiger partial charge in [0.2, 0.25) is 5.91 Å². The number of amides is 2. The van der Waals surface area contributed by atoms with Crippen molar-refractivity contribution in [2.75, 3.05) is 10.6 Å². The molecule has 0 aliphatic carbocycles. The molecule has 0 aliphatic heterocycles. The number of furan rings is 1. The molecular weight excluding hydrogens is 292 g/mol. The number of halogens is 1. The van der Waals surface area contributed by atoms with Crippen molar-refractivity contribution in [3.63, 3.8) is 0 Å². The summed E-state index contributed by atoms with van der Waals surface area (Å²) in [6.07, 6.45) is 0. The smallest absolute Gasteiger partial charge is 0.291 e. The summed E-state index contributed by atoms with van der Waals surface area (Å²) in [4.78, 5) is 23.0. The summed E-state index contributed by atoms with van der Waals surface area (Å²) in [6.45, 7) is 5.15. The van der Waals surface area contributed by atoms with Crippen LogP contribution in [0.1, 0.15) is 28.6 Å². The van der Waals surface area contributed by atoms with Crippen LogP contribution in [0.3, 0.4) is 0 Å². The fourth-order valence-electron chi connectivity index (χ4n) is 1.95. The highest BCUT2D eigenvalue weighted by molar-refractivity contribution is 6.34. The molecule has 6 heteroatoms.